The molecule has 0 spiro atoms. The van der Waals surface area contributed by atoms with Gasteiger partial charge in [0, 0.05) is 0 Å². The molecule has 1 nitrogen and oxygen atoms in total. The van der Waals surface area contributed by atoms with Gasteiger partial charge in [-0.05, 0) is 48.9 Å². The first-order valence-electron chi connectivity index (χ1n) is 6.17. The first-order valence-corrected chi connectivity index (χ1v) is 6.17. The van der Waals surface area contributed by atoms with Crippen LogP contribution in [-0.4, -0.2) is 0 Å². The Morgan fingerprint density at radius 1 is 0.941 bits per heavy atom. The van der Waals surface area contributed by atoms with Gasteiger partial charge in [0.15, 0.2) is 0 Å². The molecule has 0 N–H and O–H groups in total. The van der Waals surface area contributed by atoms with Crippen LogP contribution in [0.25, 0.3) is 0 Å². The molecule has 1 saturated carbocycles. The van der Waals surface area contributed by atoms with Crippen LogP contribution in [0.15, 0.2) is 48.5 Å². The van der Waals surface area contributed by atoms with Crippen molar-refractivity contribution in [1.82, 2.24) is 0 Å². The maximum atomic E-state index is 6.04. The SMILES string of the molecule is Cc1cccc(C2CC2)c1Oc1ccccc1. The number of ether oxygens (including phenoxy) is 1. The highest BCUT2D eigenvalue weighted by atomic mass is 16.5. The van der Waals surface area contributed by atoms with Gasteiger partial charge in [-0.1, -0.05) is 36.4 Å². The molecule has 0 amide bonds. The lowest BCUT2D eigenvalue weighted by atomic mass is 10.1. The van der Waals surface area contributed by atoms with Crippen molar-refractivity contribution < 1.29 is 4.74 Å². The Morgan fingerprint density at radius 2 is 1.71 bits per heavy atom. The summed E-state index contributed by atoms with van der Waals surface area (Å²) in [7, 11) is 0. The fourth-order valence-electron chi connectivity index (χ4n) is 2.14. The zero-order valence-electron chi connectivity index (χ0n) is 10.0. The normalized spacial score (nSPS) is 14.6. The summed E-state index contributed by atoms with van der Waals surface area (Å²) in [5.74, 6) is 2.69. The third kappa shape index (κ3) is 2.19. The number of hydrogen-bond donors (Lipinski definition) is 0. The molecule has 2 aromatic rings. The Hall–Kier alpha value is -1.76. The Labute approximate surface area is 102 Å². The van der Waals surface area contributed by atoms with E-state index in [0.29, 0.717) is 5.92 Å². The van der Waals surface area contributed by atoms with E-state index in [-0.39, 0.29) is 0 Å². The number of para-hydroxylation sites is 2. The molecule has 0 bridgehead atoms. The van der Waals surface area contributed by atoms with Gasteiger partial charge in [-0.2, -0.15) is 0 Å². The molecule has 0 saturated heterocycles. The molecular formula is C16H16O. The molecule has 0 atom stereocenters. The molecule has 86 valence electrons. The second-order valence-electron chi connectivity index (χ2n) is 4.68. The molecule has 0 aliphatic heterocycles. The molecule has 0 aromatic heterocycles. The van der Waals surface area contributed by atoms with Gasteiger partial charge in [0.1, 0.15) is 11.5 Å². The van der Waals surface area contributed by atoms with Crippen LogP contribution in [0.5, 0.6) is 11.5 Å². The van der Waals surface area contributed by atoms with Crippen molar-refractivity contribution >= 4 is 0 Å². The van der Waals surface area contributed by atoms with Crippen molar-refractivity contribution in [3.05, 3.63) is 59.7 Å². The Kier molecular flexibility index (Phi) is 2.60. The molecule has 1 fully saturated rings. The second-order valence-corrected chi connectivity index (χ2v) is 4.68. The van der Waals surface area contributed by atoms with Gasteiger partial charge >= 0.3 is 0 Å². The van der Waals surface area contributed by atoms with Gasteiger partial charge in [-0.3, -0.25) is 0 Å². The van der Waals surface area contributed by atoms with Crippen LogP contribution in [0.1, 0.15) is 29.9 Å². The molecule has 17 heavy (non-hydrogen) atoms. The average Bonchev–Trinajstić information content (AvgIpc) is 3.17. The summed E-state index contributed by atoms with van der Waals surface area (Å²) >= 11 is 0. The molecule has 0 unspecified atom stereocenters. The van der Waals surface area contributed by atoms with Crippen LogP contribution < -0.4 is 4.74 Å². The molecule has 0 radical (unpaired) electrons. The summed E-state index contributed by atoms with van der Waals surface area (Å²) < 4.78 is 6.04. The lowest BCUT2D eigenvalue weighted by molar-refractivity contribution is 0.472. The second kappa shape index (κ2) is 4.25. The smallest absolute Gasteiger partial charge is 0.133 e. The molecule has 3 rings (SSSR count). The Balaban J connectivity index is 1.96. The van der Waals surface area contributed by atoms with Crippen molar-refractivity contribution in [3.63, 3.8) is 0 Å². The summed E-state index contributed by atoms with van der Waals surface area (Å²) in [5, 5.41) is 0. The molecule has 2 aromatic carbocycles. The zero-order chi connectivity index (χ0) is 11.7. The fraction of sp³-hybridized carbons (Fsp3) is 0.250. The maximum Gasteiger partial charge on any atom is 0.133 e. The molecule has 0 heterocycles. The number of aryl methyl sites for hydroxylation is 1. The van der Waals surface area contributed by atoms with Gasteiger partial charge in [-0.25, -0.2) is 0 Å². The van der Waals surface area contributed by atoms with Gasteiger partial charge in [-0.15, -0.1) is 0 Å². The Bertz CT molecular complexity index is 512. The minimum absolute atomic E-state index is 0.716. The average molecular weight is 224 g/mol. The summed E-state index contributed by atoms with van der Waals surface area (Å²) in [6.07, 6.45) is 2.60. The summed E-state index contributed by atoms with van der Waals surface area (Å²) in [6.45, 7) is 2.12. The van der Waals surface area contributed by atoms with E-state index in [0.717, 1.165) is 11.5 Å². The third-order valence-electron chi connectivity index (χ3n) is 3.22. The van der Waals surface area contributed by atoms with Crippen LogP contribution in [-0.2, 0) is 0 Å². The van der Waals surface area contributed by atoms with E-state index >= 15 is 0 Å². The minimum atomic E-state index is 0.716. The van der Waals surface area contributed by atoms with Crippen molar-refractivity contribution in [1.29, 1.82) is 0 Å². The lowest BCUT2D eigenvalue weighted by Gasteiger charge is -2.13. The van der Waals surface area contributed by atoms with Crippen LogP contribution in [0.4, 0.5) is 0 Å². The molecular weight excluding hydrogens is 208 g/mol. The van der Waals surface area contributed by atoms with Crippen LogP contribution in [0.2, 0.25) is 0 Å². The monoisotopic (exact) mass is 224 g/mol. The molecule has 1 aliphatic carbocycles. The fourth-order valence-corrected chi connectivity index (χ4v) is 2.14. The van der Waals surface area contributed by atoms with Crippen molar-refractivity contribution in [3.8, 4) is 11.5 Å². The van der Waals surface area contributed by atoms with E-state index in [1.165, 1.54) is 24.0 Å². The third-order valence-corrected chi connectivity index (χ3v) is 3.22. The summed E-state index contributed by atoms with van der Waals surface area (Å²) in [5.41, 5.74) is 2.59. The van der Waals surface area contributed by atoms with Crippen LogP contribution >= 0.6 is 0 Å². The van der Waals surface area contributed by atoms with Crippen LogP contribution in [0.3, 0.4) is 0 Å². The van der Waals surface area contributed by atoms with Gasteiger partial charge in [0.05, 0.1) is 0 Å². The summed E-state index contributed by atoms with van der Waals surface area (Å²) in [6, 6.07) is 16.5. The van der Waals surface area contributed by atoms with Crippen molar-refractivity contribution in [2.24, 2.45) is 0 Å². The van der Waals surface area contributed by atoms with E-state index in [9.17, 15) is 0 Å². The van der Waals surface area contributed by atoms with Crippen molar-refractivity contribution in [2.75, 3.05) is 0 Å². The van der Waals surface area contributed by atoms with Crippen LogP contribution in [0, 0.1) is 6.92 Å². The van der Waals surface area contributed by atoms with Gasteiger partial charge in [0.25, 0.3) is 0 Å². The van der Waals surface area contributed by atoms with E-state index in [1.807, 2.05) is 30.3 Å². The quantitative estimate of drug-likeness (QED) is 0.736. The zero-order valence-corrected chi connectivity index (χ0v) is 10.0. The predicted octanol–water partition coefficient (Wildman–Crippen LogP) is 4.66. The Morgan fingerprint density at radius 3 is 2.41 bits per heavy atom. The van der Waals surface area contributed by atoms with Crippen molar-refractivity contribution in [2.45, 2.75) is 25.7 Å². The van der Waals surface area contributed by atoms with E-state index in [1.54, 1.807) is 0 Å². The minimum Gasteiger partial charge on any atom is -0.457 e. The highest BCUT2D eigenvalue weighted by Crippen LogP contribution is 2.46. The van der Waals surface area contributed by atoms with E-state index in [4.69, 9.17) is 4.74 Å². The van der Waals surface area contributed by atoms with E-state index < -0.39 is 0 Å². The standard InChI is InChI=1S/C16H16O/c1-12-6-5-9-15(13-10-11-13)16(12)17-14-7-3-2-4-8-14/h2-9,13H,10-11H2,1H3. The number of hydrogen-bond acceptors (Lipinski definition) is 1. The molecule has 1 heteroatoms. The number of rotatable bonds is 3. The predicted molar refractivity (Wildman–Crippen MR) is 69.7 cm³/mol. The van der Waals surface area contributed by atoms with E-state index in [2.05, 4.69) is 25.1 Å². The highest BCUT2D eigenvalue weighted by Gasteiger charge is 2.27. The first-order chi connectivity index (χ1) is 8.34. The maximum absolute atomic E-state index is 6.04. The number of benzene rings is 2. The first kappa shape index (κ1) is 10.4. The highest BCUT2D eigenvalue weighted by molar-refractivity contribution is 5.46. The topological polar surface area (TPSA) is 9.23 Å². The lowest BCUT2D eigenvalue weighted by Crippen LogP contribution is -1.92. The van der Waals surface area contributed by atoms with Gasteiger partial charge in [0.2, 0.25) is 0 Å². The van der Waals surface area contributed by atoms with Gasteiger partial charge < -0.3 is 4.74 Å². The summed E-state index contributed by atoms with van der Waals surface area (Å²) in [4.78, 5) is 0. The largest absolute Gasteiger partial charge is 0.457 e. The molecule has 1 aliphatic rings.